The van der Waals surface area contributed by atoms with Gasteiger partial charge >= 0.3 is 0 Å². The second-order valence-corrected chi connectivity index (χ2v) is 8.09. The van der Waals surface area contributed by atoms with Gasteiger partial charge in [-0.3, -0.25) is 9.59 Å². The smallest absolute Gasteiger partial charge is 0.228 e. The summed E-state index contributed by atoms with van der Waals surface area (Å²) >= 11 is 3.39. The highest BCUT2D eigenvalue weighted by molar-refractivity contribution is 9.10. The zero-order valence-electron chi connectivity index (χ0n) is 15.4. The fourth-order valence-electron chi connectivity index (χ4n) is 3.84. The zero-order valence-corrected chi connectivity index (χ0v) is 16.9. The van der Waals surface area contributed by atoms with E-state index in [2.05, 4.69) is 20.8 Å². The summed E-state index contributed by atoms with van der Waals surface area (Å²) in [5, 5.41) is 0. The van der Waals surface area contributed by atoms with Gasteiger partial charge in [0.25, 0.3) is 0 Å². The van der Waals surface area contributed by atoms with Gasteiger partial charge in [-0.1, -0.05) is 15.9 Å². The van der Waals surface area contributed by atoms with Crippen LogP contribution >= 0.6 is 15.9 Å². The molecule has 0 aliphatic carbocycles. The maximum Gasteiger partial charge on any atom is 0.228 e. The summed E-state index contributed by atoms with van der Waals surface area (Å²) in [6.07, 6.45) is 0.257. The molecule has 1 atom stereocenters. The number of amides is 2. The van der Waals surface area contributed by atoms with Crippen molar-refractivity contribution in [2.24, 2.45) is 5.92 Å². The molecule has 0 spiro atoms. The van der Waals surface area contributed by atoms with Crippen molar-refractivity contribution in [2.45, 2.75) is 6.42 Å². The van der Waals surface area contributed by atoms with E-state index in [0.717, 1.165) is 15.8 Å². The van der Waals surface area contributed by atoms with E-state index in [-0.39, 0.29) is 30.0 Å². The van der Waals surface area contributed by atoms with E-state index in [9.17, 15) is 14.0 Å². The Hall–Kier alpha value is -2.41. The maximum absolute atomic E-state index is 13.1. The molecule has 2 aromatic carbocycles. The number of nitrogens with zero attached hydrogens (tertiary/aromatic N) is 3. The quantitative estimate of drug-likeness (QED) is 0.727. The SMILES string of the molecule is O=C([C@H]1CC(=O)N(c2ccc(Br)cc2)C1)N1CCN(c2ccc(F)cc2)CC1. The normalized spacial score (nSPS) is 20.0. The monoisotopic (exact) mass is 445 g/mol. The summed E-state index contributed by atoms with van der Waals surface area (Å²) in [7, 11) is 0. The molecule has 2 aromatic rings. The largest absolute Gasteiger partial charge is 0.368 e. The second-order valence-electron chi connectivity index (χ2n) is 7.17. The third-order valence-corrected chi connectivity index (χ3v) is 5.92. The highest BCUT2D eigenvalue weighted by Gasteiger charge is 2.37. The number of halogens is 2. The number of carbonyl (C=O) groups is 2. The number of rotatable bonds is 3. The minimum atomic E-state index is -0.298. The fourth-order valence-corrected chi connectivity index (χ4v) is 4.10. The van der Waals surface area contributed by atoms with Crippen molar-refractivity contribution in [1.29, 1.82) is 0 Å². The minimum Gasteiger partial charge on any atom is -0.368 e. The lowest BCUT2D eigenvalue weighted by Crippen LogP contribution is -2.50. The van der Waals surface area contributed by atoms with Crippen molar-refractivity contribution in [1.82, 2.24) is 4.90 Å². The lowest BCUT2D eigenvalue weighted by molar-refractivity contribution is -0.136. The van der Waals surface area contributed by atoms with Crippen LogP contribution in [0.25, 0.3) is 0 Å². The molecule has 0 aromatic heterocycles. The van der Waals surface area contributed by atoms with Gasteiger partial charge in [-0.2, -0.15) is 0 Å². The van der Waals surface area contributed by atoms with Crippen LogP contribution < -0.4 is 9.80 Å². The predicted octanol–water partition coefficient (Wildman–Crippen LogP) is 3.29. The zero-order chi connectivity index (χ0) is 19.7. The van der Waals surface area contributed by atoms with Gasteiger partial charge in [0.15, 0.2) is 0 Å². The molecule has 2 fully saturated rings. The summed E-state index contributed by atoms with van der Waals surface area (Å²) in [5.74, 6) is -0.510. The van der Waals surface area contributed by atoms with Gasteiger partial charge in [0.2, 0.25) is 11.8 Å². The van der Waals surface area contributed by atoms with E-state index in [1.807, 2.05) is 29.2 Å². The Morgan fingerprint density at radius 2 is 1.54 bits per heavy atom. The van der Waals surface area contributed by atoms with Crippen LogP contribution in [0.15, 0.2) is 53.0 Å². The number of benzene rings is 2. The molecule has 0 bridgehead atoms. The first-order valence-electron chi connectivity index (χ1n) is 9.36. The van der Waals surface area contributed by atoms with Gasteiger partial charge in [0.1, 0.15) is 5.82 Å². The highest BCUT2D eigenvalue weighted by Crippen LogP contribution is 2.28. The van der Waals surface area contributed by atoms with Gasteiger partial charge in [-0.15, -0.1) is 0 Å². The topological polar surface area (TPSA) is 43.9 Å². The summed E-state index contributed by atoms with van der Waals surface area (Å²) < 4.78 is 14.0. The van der Waals surface area contributed by atoms with Crippen molar-refractivity contribution >= 4 is 39.1 Å². The van der Waals surface area contributed by atoms with E-state index in [4.69, 9.17) is 0 Å². The lowest BCUT2D eigenvalue weighted by Gasteiger charge is -2.37. The molecule has 0 unspecified atom stereocenters. The summed E-state index contributed by atoms with van der Waals surface area (Å²) in [6, 6.07) is 14.0. The van der Waals surface area contributed by atoms with Crippen molar-refractivity contribution in [3.8, 4) is 0 Å². The molecule has 2 amide bonds. The molecule has 2 heterocycles. The third kappa shape index (κ3) is 3.90. The molecule has 2 saturated heterocycles. The Bertz CT molecular complexity index is 864. The van der Waals surface area contributed by atoms with Crippen LogP contribution in [0, 0.1) is 11.7 Å². The van der Waals surface area contributed by atoms with Crippen molar-refractivity contribution in [3.63, 3.8) is 0 Å². The first-order chi connectivity index (χ1) is 13.5. The number of piperazine rings is 1. The van der Waals surface area contributed by atoms with Gasteiger partial charge in [-0.25, -0.2) is 4.39 Å². The van der Waals surface area contributed by atoms with Gasteiger partial charge in [-0.05, 0) is 48.5 Å². The Balaban J connectivity index is 1.36. The predicted molar refractivity (Wildman–Crippen MR) is 110 cm³/mol. The molecule has 7 heteroatoms. The maximum atomic E-state index is 13.1. The lowest BCUT2D eigenvalue weighted by atomic mass is 10.1. The Kier molecular flexibility index (Phi) is 5.35. The molecular formula is C21H21BrFN3O2. The molecule has 2 aliphatic heterocycles. The molecule has 0 N–H and O–H groups in total. The fraction of sp³-hybridized carbons (Fsp3) is 0.333. The average molecular weight is 446 g/mol. The third-order valence-electron chi connectivity index (χ3n) is 5.40. The van der Waals surface area contributed by atoms with Crippen LogP contribution in [-0.2, 0) is 9.59 Å². The summed E-state index contributed by atoms with van der Waals surface area (Å²) in [5.41, 5.74) is 1.79. The minimum absolute atomic E-state index is 0.00868. The van der Waals surface area contributed by atoms with E-state index in [1.165, 1.54) is 12.1 Å². The van der Waals surface area contributed by atoms with Gasteiger partial charge < -0.3 is 14.7 Å². The second kappa shape index (κ2) is 7.91. The van der Waals surface area contributed by atoms with E-state index in [0.29, 0.717) is 32.7 Å². The summed E-state index contributed by atoms with van der Waals surface area (Å²) in [6.45, 7) is 3.05. The van der Waals surface area contributed by atoms with E-state index < -0.39 is 0 Å². The number of carbonyl (C=O) groups excluding carboxylic acids is 2. The van der Waals surface area contributed by atoms with E-state index >= 15 is 0 Å². The number of hydrogen-bond acceptors (Lipinski definition) is 3. The molecule has 0 radical (unpaired) electrons. The molecular weight excluding hydrogens is 425 g/mol. The Morgan fingerprint density at radius 1 is 0.929 bits per heavy atom. The van der Waals surface area contributed by atoms with Crippen LogP contribution in [0.5, 0.6) is 0 Å². The molecule has 28 heavy (non-hydrogen) atoms. The van der Waals surface area contributed by atoms with E-state index in [1.54, 1.807) is 17.0 Å². The molecule has 2 aliphatic rings. The first-order valence-corrected chi connectivity index (χ1v) is 10.2. The molecule has 4 rings (SSSR count). The van der Waals surface area contributed by atoms with Crippen LogP contribution in [0.4, 0.5) is 15.8 Å². The molecule has 5 nitrogen and oxygen atoms in total. The van der Waals surface area contributed by atoms with Gasteiger partial charge in [0.05, 0.1) is 5.92 Å². The van der Waals surface area contributed by atoms with Crippen molar-refractivity contribution in [3.05, 3.63) is 58.8 Å². The van der Waals surface area contributed by atoms with Gasteiger partial charge in [0, 0.05) is 55.0 Å². The Morgan fingerprint density at radius 3 is 2.18 bits per heavy atom. The average Bonchev–Trinajstić information content (AvgIpc) is 3.10. The standard InChI is InChI=1S/C21H21BrFN3O2/c22-16-1-5-19(6-2-16)26-14-15(13-20(26)27)21(28)25-11-9-24(10-12-25)18-7-3-17(23)4-8-18/h1-8,15H,9-14H2/t15-/m0/s1. The summed E-state index contributed by atoms with van der Waals surface area (Å²) in [4.78, 5) is 31.1. The number of hydrogen-bond donors (Lipinski definition) is 0. The molecule has 0 saturated carbocycles. The first kappa shape index (κ1) is 18.9. The number of anilines is 2. The highest BCUT2D eigenvalue weighted by atomic mass is 79.9. The van der Waals surface area contributed by atoms with Crippen LogP contribution in [0.3, 0.4) is 0 Å². The van der Waals surface area contributed by atoms with Crippen LogP contribution in [-0.4, -0.2) is 49.4 Å². The Labute approximate surface area is 171 Å². The van der Waals surface area contributed by atoms with Crippen LogP contribution in [0.2, 0.25) is 0 Å². The molecule has 146 valence electrons. The van der Waals surface area contributed by atoms with Crippen molar-refractivity contribution in [2.75, 3.05) is 42.5 Å². The van der Waals surface area contributed by atoms with Crippen molar-refractivity contribution < 1.29 is 14.0 Å². The van der Waals surface area contributed by atoms with Crippen LogP contribution in [0.1, 0.15) is 6.42 Å².